The number of nitrogens with one attached hydrogen (secondary N) is 1. The van der Waals surface area contributed by atoms with E-state index in [1.165, 1.54) is 38.2 Å². The van der Waals surface area contributed by atoms with Crippen LogP contribution in [0.1, 0.15) is 18.5 Å². The first kappa shape index (κ1) is 9.75. The highest BCUT2D eigenvalue weighted by Crippen LogP contribution is 2.27. The molecule has 0 bridgehead atoms. The van der Waals surface area contributed by atoms with Crippen LogP contribution in [-0.4, -0.2) is 35.6 Å². The van der Waals surface area contributed by atoms with Crippen molar-refractivity contribution in [3.05, 3.63) is 16.6 Å². The SMILES string of the molecule is c1nc(CN2CCCC3CNCC32)cs1. The predicted octanol–water partition coefficient (Wildman–Crippen LogP) is 1.33. The lowest BCUT2D eigenvalue weighted by Gasteiger charge is -2.36. The maximum absolute atomic E-state index is 4.38. The lowest BCUT2D eigenvalue weighted by molar-refractivity contribution is 0.116. The van der Waals surface area contributed by atoms with Gasteiger partial charge in [0, 0.05) is 24.5 Å². The zero-order valence-corrected chi connectivity index (χ0v) is 9.67. The van der Waals surface area contributed by atoms with Crippen molar-refractivity contribution >= 4 is 11.3 Å². The number of hydrogen-bond acceptors (Lipinski definition) is 4. The molecule has 4 heteroatoms. The number of nitrogens with zero attached hydrogens (tertiary/aromatic N) is 2. The van der Waals surface area contributed by atoms with Crippen LogP contribution in [-0.2, 0) is 6.54 Å². The summed E-state index contributed by atoms with van der Waals surface area (Å²) in [6.45, 7) is 4.69. The first-order valence-corrected chi connectivity index (χ1v) is 6.69. The van der Waals surface area contributed by atoms with Gasteiger partial charge in [-0.15, -0.1) is 11.3 Å². The first-order chi connectivity index (χ1) is 7.43. The van der Waals surface area contributed by atoms with E-state index in [-0.39, 0.29) is 0 Å². The third kappa shape index (κ3) is 1.94. The van der Waals surface area contributed by atoms with Crippen LogP contribution in [0.25, 0.3) is 0 Å². The van der Waals surface area contributed by atoms with E-state index in [1.807, 2.05) is 5.51 Å². The molecule has 0 amide bonds. The van der Waals surface area contributed by atoms with Gasteiger partial charge < -0.3 is 5.32 Å². The highest BCUT2D eigenvalue weighted by Gasteiger charge is 2.34. The summed E-state index contributed by atoms with van der Waals surface area (Å²) in [6.07, 6.45) is 2.76. The maximum Gasteiger partial charge on any atom is 0.0795 e. The third-order valence-corrected chi connectivity index (χ3v) is 4.28. The van der Waals surface area contributed by atoms with E-state index in [2.05, 4.69) is 20.6 Å². The van der Waals surface area contributed by atoms with Crippen LogP contribution in [0.2, 0.25) is 0 Å². The lowest BCUT2D eigenvalue weighted by Crippen LogP contribution is -2.44. The largest absolute Gasteiger partial charge is 0.315 e. The van der Waals surface area contributed by atoms with E-state index < -0.39 is 0 Å². The number of thiazole rings is 1. The molecule has 3 nitrogen and oxygen atoms in total. The van der Waals surface area contributed by atoms with E-state index in [1.54, 1.807) is 11.3 Å². The van der Waals surface area contributed by atoms with Crippen LogP contribution >= 0.6 is 11.3 Å². The number of hydrogen-bond donors (Lipinski definition) is 1. The summed E-state index contributed by atoms with van der Waals surface area (Å²) in [5.41, 5.74) is 3.18. The van der Waals surface area contributed by atoms with E-state index >= 15 is 0 Å². The Bertz CT molecular complexity index is 312. The van der Waals surface area contributed by atoms with Crippen molar-refractivity contribution in [1.82, 2.24) is 15.2 Å². The molecule has 0 spiro atoms. The number of aromatic nitrogens is 1. The molecule has 1 aromatic rings. The summed E-state index contributed by atoms with van der Waals surface area (Å²) < 4.78 is 0. The van der Waals surface area contributed by atoms with Crippen LogP contribution in [0.3, 0.4) is 0 Å². The summed E-state index contributed by atoms with van der Waals surface area (Å²) in [6, 6.07) is 0.764. The van der Waals surface area contributed by atoms with Crippen molar-refractivity contribution in [3.63, 3.8) is 0 Å². The number of likely N-dealkylation sites (tertiary alicyclic amines) is 1. The molecular formula is C11H17N3S. The smallest absolute Gasteiger partial charge is 0.0795 e. The van der Waals surface area contributed by atoms with Crippen molar-refractivity contribution < 1.29 is 0 Å². The summed E-state index contributed by atoms with van der Waals surface area (Å²) >= 11 is 1.70. The maximum atomic E-state index is 4.38. The van der Waals surface area contributed by atoms with Gasteiger partial charge >= 0.3 is 0 Å². The third-order valence-electron chi connectivity index (χ3n) is 3.64. The van der Waals surface area contributed by atoms with Crippen molar-refractivity contribution in [1.29, 1.82) is 0 Å². The summed E-state index contributed by atoms with van der Waals surface area (Å²) in [5.74, 6) is 0.886. The Hall–Kier alpha value is -0.450. The fourth-order valence-electron chi connectivity index (χ4n) is 2.88. The molecule has 2 aliphatic rings. The Morgan fingerprint density at radius 1 is 1.53 bits per heavy atom. The molecule has 15 heavy (non-hydrogen) atoms. The fourth-order valence-corrected chi connectivity index (χ4v) is 3.43. The molecule has 2 saturated heterocycles. The second kappa shape index (κ2) is 4.20. The molecule has 1 aromatic heterocycles. The first-order valence-electron chi connectivity index (χ1n) is 5.75. The number of fused-ring (bicyclic) bond motifs is 1. The molecule has 2 unspecified atom stereocenters. The molecule has 3 heterocycles. The second-order valence-electron chi connectivity index (χ2n) is 4.58. The van der Waals surface area contributed by atoms with E-state index in [0.29, 0.717) is 0 Å². The molecule has 1 N–H and O–H groups in total. The van der Waals surface area contributed by atoms with Gasteiger partial charge in [-0.05, 0) is 31.8 Å². The molecule has 0 aliphatic carbocycles. The van der Waals surface area contributed by atoms with Gasteiger partial charge in [-0.2, -0.15) is 0 Å². The van der Waals surface area contributed by atoms with Crippen LogP contribution < -0.4 is 5.32 Å². The Balaban J connectivity index is 1.69. The Morgan fingerprint density at radius 3 is 3.40 bits per heavy atom. The lowest BCUT2D eigenvalue weighted by atomic mass is 9.92. The van der Waals surface area contributed by atoms with Gasteiger partial charge in [0.1, 0.15) is 0 Å². The zero-order chi connectivity index (χ0) is 10.1. The predicted molar refractivity (Wildman–Crippen MR) is 61.9 cm³/mol. The van der Waals surface area contributed by atoms with Crippen molar-refractivity contribution in [2.24, 2.45) is 5.92 Å². The summed E-state index contributed by atoms with van der Waals surface area (Å²) in [4.78, 5) is 7.00. The molecule has 2 atom stereocenters. The monoisotopic (exact) mass is 223 g/mol. The van der Waals surface area contributed by atoms with Gasteiger partial charge in [0.2, 0.25) is 0 Å². The standard InChI is InChI=1S/C11H17N3S/c1-2-9-4-12-5-11(9)14(3-1)6-10-7-15-8-13-10/h7-9,11-12H,1-6H2. The van der Waals surface area contributed by atoms with Gasteiger partial charge in [0.25, 0.3) is 0 Å². The molecular weight excluding hydrogens is 206 g/mol. The molecule has 0 saturated carbocycles. The van der Waals surface area contributed by atoms with Crippen LogP contribution in [0, 0.1) is 5.92 Å². The Kier molecular flexibility index (Phi) is 2.73. The van der Waals surface area contributed by atoms with Crippen molar-refractivity contribution in [2.45, 2.75) is 25.4 Å². The normalized spacial score (nSPS) is 31.7. The Labute approximate surface area is 94.5 Å². The highest BCUT2D eigenvalue weighted by molar-refractivity contribution is 7.07. The minimum absolute atomic E-state index is 0.764. The average molecular weight is 223 g/mol. The number of rotatable bonds is 2. The average Bonchev–Trinajstić information content (AvgIpc) is 2.87. The zero-order valence-electron chi connectivity index (χ0n) is 8.85. The highest BCUT2D eigenvalue weighted by atomic mass is 32.1. The van der Waals surface area contributed by atoms with Crippen LogP contribution in [0.5, 0.6) is 0 Å². The van der Waals surface area contributed by atoms with Crippen molar-refractivity contribution in [3.8, 4) is 0 Å². The second-order valence-corrected chi connectivity index (χ2v) is 5.30. The molecule has 0 aromatic carbocycles. The quantitative estimate of drug-likeness (QED) is 0.820. The minimum Gasteiger partial charge on any atom is -0.315 e. The molecule has 3 rings (SSSR count). The van der Waals surface area contributed by atoms with E-state index in [9.17, 15) is 0 Å². The van der Waals surface area contributed by atoms with Gasteiger partial charge in [0.15, 0.2) is 0 Å². The van der Waals surface area contributed by atoms with E-state index in [0.717, 1.165) is 18.5 Å². The minimum atomic E-state index is 0.764. The summed E-state index contributed by atoms with van der Waals surface area (Å²) in [5, 5.41) is 5.69. The van der Waals surface area contributed by atoms with Gasteiger partial charge in [-0.25, -0.2) is 4.98 Å². The van der Waals surface area contributed by atoms with Crippen molar-refractivity contribution in [2.75, 3.05) is 19.6 Å². The molecule has 2 fully saturated rings. The van der Waals surface area contributed by atoms with E-state index in [4.69, 9.17) is 0 Å². The fraction of sp³-hybridized carbons (Fsp3) is 0.727. The topological polar surface area (TPSA) is 28.2 Å². The molecule has 82 valence electrons. The van der Waals surface area contributed by atoms with Gasteiger partial charge in [-0.1, -0.05) is 0 Å². The Morgan fingerprint density at radius 2 is 2.53 bits per heavy atom. The van der Waals surface area contributed by atoms with Crippen LogP contribution in [0.15, 0.2) is 10.9 Å². The molecule has 0 radical (unpaired) electrons. The van der Waals surface area contributed by atoms with Crippen LogP contribution in [0.4, 0.5) is 0 Å². The van der Waals surface area contributed by atoms with Gasteiger partial charge in [0.05, 0.1) is 11.2 Å². The molecule has 2 aliphatic heterocycles. The van der Waals surface area contributed by atoms with Gasteiger partial charge in [-0.3, -0.25) is 4.90 Å². The number of piperidine rings is 1. The summed E-state index contributed by atoms with van der Waals surface area (Å²) in [7, 11) is 0.